The van der Waals surface area contributed by atoms with E-state index in [-0.39, 0.29) is 17.0 Å². The molecule has 27 heavy (non-hydrogen) atoms. The van der Waals surface area contributed by atoms with E-state index in [1.54, 1.807) is 18.3 Å². The first kappa shape index (κ1) is 20.3. The van der Waals surface area contributed by atoms with Gasteiger partial charge in [0, 0.05) is 18.8 Å². The van der Waals surface area contributed by atoms with E-state index in [9.17, 15) is 9.59 Å². The third-order valence-corrected chi connectivity index (χ3v) is 4.51. The van der Waals surface area contributed by atoms with E-state index in [1.165, 1.54) is 24.5 Å². The molecular formula is C17H21N5O4S. The zero-order valence-electron chi connectivity index (χ0n) is 14.9. The van der Waals surface area contributed by atoms with Gasteiger partial charge in [-0.25, -0.2) is 4.98 Å². The predicted molar refractivity (Wildman–Crippen MR) is 101 cm³/mol. The molecule has 1 aromatic heterocycles. The number of thiazole rings is 1. The highest BCUT2D eigenvalue weighted by atomic mass is 32.1. The van der Waals surface area contributed by atoms with Crippen LogP contribution in [0.3, 0.4) is 0 Å². The Kier molecular flexibility index (Phi) is 6.85. The van der Waals surface area contributed by atoms with Gasteiger partial charge < -0.3 is 31.6 Å². The maximum Gasteiger partial charge on any atom is 0.268 e. The van der Waals surface area contributed by atoms with E-state index in [0.29, 0.717) is 12.4 Å². The molecule has 144 valence electrons. The molecule has 6 N–H and O–H groups in total. The number of aliphatic hydroxyl groups excluding tert-OH is 1. The van der Waals surface area contributed by atoms with Gasteiger partial charge in [-0.05, 0) is 25.2 Å². The number of rotatable bonds is 8. The maximum absolute atomic E-state index is 12.4. The van der Waals surface area contributed by atoms with Crippen molar-refractivity contribution in [3.8, 4) is 0 Å². The van der Waals surface area contributed by atoms with Gasteiger partial charge in [-0.2, -0.15) is 0 Å². The molecule has 0 spiro atoms. The molecule has 0 saturated carbocycles. The summed E-state index contributed by atoms with van der Waals surface area (Å²) in [7, 11) is 1.51. The third-order valence-electron chi connectivity index (χ3n) is 3.62. The van der Waals surface area contributed by atoms with E-state index in [2.05, 4.69) is 15.6 Å². The normalized spacial score (nSPS) is 16.4. The Morgan fingerprint density at radius 2 is 2.19 bits per heavy atom. The lowest BCUT2D eigenvalue weighted by Crippen LogP contribution is -2.48. The van der Waals surface area contributed by atoms with Crippen molar-refractivity contribution in [2.75, 3.05) is 13.7 Å². The van der Waals surface area contributed by atoms with Crippen LogP contribution in [0.5, 0.6) is 0 Å². The van der Waals surface area contributed by atoms with Gasteiger partial charge in [-0.3, -0.25) is 9.59 Å². The van der Waals surface area contributed by atoms with Gasteiger partial charge in [-0.1, -0.05) is 0 Å². The number of aromatic nitrogens is 1. The van der Waals surface area contributed by atoms with Crippen molar-refractivity contribution < 1.29 is 19.4 Å². The molecule has 0 radical (unpaired) electrons. The van der Waals surface area contributed by atoms with Gasteiger partial charge >= 0.3 is 0 Å². The number of nitrogens with zero attached hydrogens (tertiary/aromatic N) is 1. The molecule has 1 atom stereocenters. The highest BCUT2D eigenvalue weighted by Gasteiger charge is 2.23. The smallest absolute Gasteiger partial charge is 0.268 e. The lowest BCUT2D eigenvalue weighted by Gasteiger charge is -2.18. The summed E-state index contributed by atoms with van der Waals surface area (Å²) in [6.07, 6.45) is 6.42. The number of amides is 2. The molecule has 2 rings (SSSR count). The molecule has 9 nitrogen and oxygen atoms in total. The number of hydrogen-bond acceptors (Lipinski definition) is 8. The van der Waals surface area contributed by atoms with Crippen LogP contribution in [-0.4, -0.2) is 47.3 Å². The zero-order chi connectivity index (χ0) is 20.0. The Bertz CT molecular complexity index is 840. The molecule has 0 aromatic carbocycles. The Balaban J connectivity index is 2.21. The minimum absolute atomic E-state index is 0.0544. The zero-order valence-corrected chi connectivity index (χ0v) is 15.7. The van der Waals surface area contributed by atoms with E-state index in [1.807, 2.05) is 6.92 Å². The molecule has 2 amide bonds. The summed E-state index contributed by atoms with van der Waals surface area (Å²) in [4.78, 5) is 28.8. The van der Waals surface area contributed by atoms with E-state index < -0.39 is 24.5 Å². The van der Waals surface area contributed by atoms with Crippen molar-refractivity contribution in [1.82, 2.24) is 15.6 Å². The maximum atomic E-state index is 12.4. The summed E-state index contributed by atoms with van der Waals surface area (Å²) in [5, 5.41) is 23.2. The number of nitrogens with one attached hydrogen (secondary N) is 3. The van der Waals surface area contributed by atoms with E-state index >= 15 is 0 Å². The minimum Gasteiger partial charge on any atom is -0.488 e. The van der Waals surface area contributed by atoms with Gasteiger partial charge in [0.25, 0.3) is 5.91 Å². The molecule has 0 unspecified atom stereocenters. The average Bonchev–Trinajstić information content (AvgIpc) is 3.05. The summed E-state index contributed by atoms with van der Waals surface area (Å²) in [5.74, 6) is -1.05. The Morgan fingerprint density at radius 3 is 2.74 bits per heavy atom. The average molecular weight is 391 g/mol. The third kappa shape index (κ3) is 5.25. The number of aryl methyl sites for hydroxylation is 1. The first-order valence-electron chi connectivity index (χ1n) is 8.01. The van der Waals surface area contributed by atoms with Crippen LogP contribution in [0, 0.1) is 12.3 Å². The van der Waals surface area contributed by atoms with Gasteiger partial charge in [0.15, 0.2) is 0 Å². The fraction of sp³-hybridized carbons (Fsp3) is 0.294. The van der Waals surface area contributed by atoms with Crippen molar-refractivity contribution in [3.63, 3.8) is 0 Å². The first-order chi connectivity index (χ1) is 12.8. The lowest BCUT2D eigenvalue weighted by atomic mass is 10.0. The Labute approximate surface area is 160 Å². The number of allylic oxidation sites excluding steroid dienone is 4. The molecule has 0 saturated heterocycles. The number of ether oxygens (including phenoxy) is 1. The molecular weight excluding hydrogens is 370 g/mol. The van der Waals surface area contributed by atoms with Crippen LogP contribution in [0.15, 0.2) is 41.5 Å². The number of aliphatic hydroxyl groups is 1. The summed E-state index contributed by atoms with van der Waals surface area (Å²) < 4.78 is 5.72. The number of likely N-dealkylation sites (N-methyl/N-ethyl adjacent to an activating group) is 1. The highest BCUT2D eigenvalue weighted by Crippen LogP contribution is 2.20. The van der Waals surface area contributed by atoms with Crippen LogP contribution in [0.1, 0.15) is 9.88 Å². The molecule has 0 aliphatic heterocycles. The topological polar surface area (TPSA) is 150 Å². The van der Waals surface area contributed by atoms with E-state index in [0.717, 1.165) is 9.88 Å². The summed E-state index contributed by atoms with van der Waals surface area (Å²) in [5.41, 5.74) is 5.56. The quantitative estimate of drug-likeness (QED) is 0.390. The van der Waals surface area contributed by atoms with Crippen LogP contribution in [0.25, 0.3) is 0 Å². The van der Waals surface area contributed by atoms with Crippen molar-refractivity contribution in [3.05, 3.63) is 51.3 Å². The molecule has 0 bridgehead atoms. The van der Waals surface area contributed by atoms with Crippen LogP contribution >= 0.6 is 11.3 Å². The minimum atomic E-state index is -1.22. The van der Waals surface area contributed by atoms with Crippen LogP contribution < -0.4 is 16.4 Å². The number of carbonyl (C=O) groups excluding carboxylic acids is 2. The number of carbonyl (C=O) groups is 2. The molecule has 1 aliphatic carbocycles. The molecule has 1 aromatic rings. The van der Waals surface area contributed by atoms with Gasteiger partial charge in [-0.15, -0.1) is 11.3 Å². The highest BCUT2D eigenvalue weighted by molar-refractivity contribution is 7.11. The summed E-state index contributed by atoms with van der Waals surface area (Å²) in [6.45, 7) is 1.60. The van der Waals surface area contributed by atoms with Crippen molar-refractivity contribution in [2.24, 2.45) is 5.73 Å². The van der Waals surface area contributed by atoms with Gasteiger partial charge in [0.1, 0.15) is 24.1 Å². The fourth-order valence-corrected chi connectivity index (χ4v) is 2.96. The van der Waals surface area contributed by atoms with Crippen molar-refractivity contribution in [2.45, 2.75) is 19.6 Å². The predicted octanol–water partition coefficient (Wildman–Crippen LogP) is -0.123. The number of hydrogen-bond donors (Lipinski definition) is 5. The lowest BCUT2D eigenvalue weighted by molar-refractivity contribution is -0.126. The number of primary amides is 1. The van der Waals surface area contributed by atoms with Gasteiger partial charge in [0.2, 0.25) is 5.91 Å². The summed E-state index contributed by atoms with van der Waals surface area (Å²) >= 11 is 1.52. The van der Waals surface area contributed by atoms with E-state index in [4.69, 9.17) is 21.0 Å². The second kappa shape index (κ2) is 9.10. The van der Waals surface area contributed by atoms with Crippen molar-refractivity contribution >= 4 is 28.9 Å². The van der Waals surface area contributed by atoms with Crippen LogP contribution in [0.4, 0.5) is 0 Å². The fourth-order valence-electron chi connectivity index (χ4n) is 2.25. The number of nitrogens with two attached hydrogens (primary N) is 1. The monoisotopic (exact) mass is 391 g/mol. The first-order valence-corrected chi connectivity index (χ1v) is 8.83. The van der Waals surface area contributed by atoms with Crippen LogP contribution in [0.2, 0.25) is 0 Å². The SMILES string of the molecule is CN/C(C(=O)N[C@@H](CO)C(N)=O)=C1/C=C(OCc2cnc(C)s2)C=CC1=N. The second-order valence-corrected chi connectivity index (χ2v) is 6.90. The molecule has 0 fully saturated rings. The van der Waals surface area contributed by atoms with Gasteiger partial charge in [0.05, 0.1) is 22.2 Å². The standard InChI is InChI=1S/C17H21N5O4S/c1-9-21-6-11(27-9)8-26-10-3-4-13(18)12(5-10)15(20-2)17(25)22-14(7-23)16(19)24/h3-6,14,18,20,23H,7-8H2,1-2H3,(H2,19,24)(H,22,25)/b15-12-,18-13?/t14-/m0/s1. The second-order valence-electron chi connectivity index (χ2n) is 5.58. The summed E-state index contributed by atoms with van der Waals surface area (Å²) in [6, 6.07) is -1.22. The largest absolute Gasteiger partial charge is 0.488 e. The molecule has 10 heteroatoms. The Morgan fingerprint density at radius 1 is 1.44 bits per heavy atom. The Hall–Kier alpha value is -2.98. The van der Waals surface area contributed by atoms with Crippen LogP contribution in [-0.2, 0) is 20.9 Å². The molecule has 1 heterocycles. The van der Waals surface area contributed by atoms with Crippen molar-refractivity contribution in [1.29, 1.82) is 5.41 Å². The molecule has 1 aliphatic rings.